The highest BCUT2D eigenvalue weighted by atomic mass is 16.5. The van der Waals surface area contributed by atoms with Gasteiger partial charge in [-0.3, -0.25) is 0 Å². The molecule has 0 aliphatic carbocycles. The molecule has 0 atom stereocenters. The van der Waals surface area contributed by atoms with Crippen LogP contribution in [0.1, 0.15) is 19.7 Å². The van der Waals surface area contributed by atoms with Gasteiger partial charge in [0, 0.05) is 12.1 Å². The van der Waals surface area contributed by atoms with Crippen molar-refractivity contribution < 1.29 is 14.1 Å². The number of hydrogen-bond acceptors (Lipinski definition) is 5. The summed E-state index contributed by atoms with van der Waals surface area (Å²) in [5.41, 5.74) is 0.818. The Balaban J connectivity index is 1.52. The predicted octanol–water partition coefficient (Wildman–Crippen LogP) is 2.47. The van der Waals surface area contributed by atoms with Crippen LogP contribution in [-0.2, 0) is 0 Å². The summed E-state index contributed by atoms with van der Waals surface area (Å²) in [5.74, 6) is 2.24. The highest BCUT2D eigenvalue weighted by Crippen LogP contribution is 2.24. The van der Waals surface area contributed by atoms with Crippen LogP contribution in [-0.4, -0.2) is 46.8 Å². The second-order valence-corrected chi connectivity index (χ2v) is 6.40. The van der Waals surface area contributed by atoms with Crippen molar-refractivity contribution in [1.29, 1.82) is 0 Å². The number of likely N-dealkylation sites (tertiary alicyclic amines) is 1. The summed E-state index contributed by atoms with van der Waals surface area (Å²) < 4.78 is 11.1. The van der Waals surface area contributed by atoms with Crippen molar-refractivity contribution in [3.63, 3.8) is 0 Å². The van der Waals surface area contributed by atoms with Gasteiger partial charge >= 0.3 is 6.03 Å². The normalized spacial score (nSPS) is 14.6. The van der Waals surface area contributed by atoms with Crippen molar-refractivity contribution in [2.75, 3.05) is 19.6 Å². The molecule has 0 saturated carbocycles. The molecule has 0 radical (unpaired) electrons. The Bertz CT molecular complexity index is 707. The van der Waals surface area contributed by atoms with Gasteiger partial charge in [-0.25, -0.2) is 4.79 Å². The Kier molecular flexibility index (Phi) is 4.69. The van der Waals surface area contributed by atoms with E-state index in [2.05, 4.69) is 29.3 Å². The summed E-state index contributed by atoms with van der Waals surface area (Å²) in [7, 11) is 0. The number of aryl methyl sites for hydroxylation is 1. The van der Waals surface area contributed by atoms with Crippen LogP contribution >= 0.6 is 0 Å². The lowest BCUT2D eigenvalue weighted by Crippen LogP contribution is -2.59. The fourth-order valence-electron chi connectivity index (χ4n) is 2.39. The summed E-state index contributed by atoms with van der Waals surface area (Å²) >= 11 is 0. The van der Waals surface area contributed by atoms with Crippen molar-refractivity contribution in [2.24, 2.45) is 5.92 Å². The molecule has 0 spiro atoms. The maximum absolute atomic E-state index is 11.9. The summed E-state index contributed by atoms with van der Waals surface area (Å²) in [6.45, 7) is 7.79. The van der Waals surface area contributed by atoms with Crippen LogP contribution in [0.5, 0.6) is 5.75 Å². The first-order valence-electron chi connectivity index (χ1n) is 8.11. The van der Waals surface area contributed by atoms with E-state index in [0.717, 1.165) is 11.3 Å². The summed E-state index contributed by atoms with van der Waals surface area (Å²) in [5, 5.41) is 6.70. The molecule has 7 heteroatoms. The van der Waals surface area contributed by atoms with Crippen molar-refractivity contribution in [3.05, 3.63) is 30.1 Å². The van der Waals surface area contributed by atoms with E-state index in [1.165, 1.54) is 0 Å². The SMILES string of the molecule is Cc1noc(-c2cccc(OC3CN(C(=O)NCC(C)C)C3)c2)n1. The quantitative estimate of drug-likeness (QED) is 0.911. The minimum Gasteiger partial charge on any atom is -0.487 e. The monoisotopic (exact) mass is 330 g/mol. The Morgan fingerprint density at radius 2 is 2.25 bits per heavy atom. The van der Waals surface area contributed by atoms with E-state index in [1.807, 2.05) is 24.3 Å². The van der Waals surface area contributed by atoms with Crippen LogP contribution in [0.15, 0.2) is 28.8 Å². The Morgan fingerprint density at radius 1 is 1.46 bits per heavy atom. The third-order valence-corrected chi connectivity index (χ3v) is 3.71. The zero-order valence-corrected chi connectivity index (χ0v) is 14.2. The molecular weight excluding hydrogens is 308 g/mol. The molecule has 0 unspecified atom stereocenters. The first kappa shape index (κ1) is 16.3. The highest BCUT2D eigenvalue weighted by molar-refractivity contribution is 5.75. The molecule has 128 valence electrons. The van der Waals surface area contributed by atoms with E-state index in [4.69, 9.17) is 9.26 Å². The number of benzene rings is 1. The number of amides is 2. The zero-order valence-electron chi connectivity index (χ0n) is 14.2. The van der Waals surface area contributed by atoms with E-state index in [9.17, 15) is 4.79 Å². The molecule has 1 N–H and O–H groups in total. The van der Waals surface area contributed by atoms with E-state index in [0.29, 0.717) is 37.3 Å². The van der Waals surface area contributed by atoms with E-state index in [1.54, 1.807) is 11.8 Å². The number of carbonyl (C=O) groups is 1. The van der Waals surface area contributed by atoms with E-state index >= 15 is 0 Å². The second-order valence-electron chi connectivity index (χ2n) is 6.40. The second kappa shape index (κ2) is 6.90. The Labute approximate surface area is 141 Å². The smallest absolute Gasteiger partial charge is 0.317 e. The minimum atomic E-state index is -0.0290. The van der Waals surface area contributed by atoms with Gasteiger partial charge in [0.25, 0.3) is 5.89 Å². The molecule has 2 aromatic rings. The van der Waals surface area contributed by atoms with Crippen LogP contribution < -0.4 is 10.1 Å². The molecule has 1 aromatic carbocycles. The number of nitrogens with zero attached hydrogens (tertiary/aromatic N) is 3. The van der Waals surface area contributed by atoms with Crippen LogP contribution in [0, 0.1) is 12.8 Å². The molecule has 0 bridgehead atoms. The Hall–Kier alpha value is -2.57. The summed E-state index contributed by atoms with van der Waals surface area (Å²) in [6, 6.07) is 7.50. The number of nitrogens with one attached hydrogen (secondary N) is 1. The predicted molar refractivity (Wildman–Crippen MR) is 88.7 cm³/mol. The third-order valence-electron chi connectivity index (χ3n) is 3.71. The average Bonchev–Trinajstić information content (AvgIpc) is 2.95. The van der Waals surface area contributed by atoms with E-state index < -0.39 is 0 Å². The van der Waals surface area contributed by atoms with Crippen molar-refractivity contribution >= 4 is 6.03 Å². The lowest BCUT2D eigenvalue weighted by atomic mass is 10.1. The van der Waals surface area contributed by atoms with Gasteiger partial charge in [0.05, 0.1) is 13.1 Å². The maximum atomic E-state index is 11.9. The van der Waals surface area contributed by atoms with Gasteiger partial charge in [0.2, 0.25) is 0 Å². The third kappa shape index (κ3) is 3.84. The largest absolute Gasteiger partial charge is 0.487 e. The number of rotatable bonds is 5. The van der Waals surface area contributed by atoms with Crippen LogP contribution in [0.3, 0.4) is 0 Å². The van der Waals surface area contributed by atoms with Gasteiger partial charge in [-0.1, -0.05) is 25.1 Å². The summed E-state index contributed by atoms with van der Waals surface area (Å²) in [6.07, 6.45) is 0.00877. The van der Waals surface area contributed by atoms with Gasteiger partial charge in [-0.05, 0) is 31.0 Å². The van der Waals surface area contributed by atoms with Gasteiger partial charge in [-0.15, -0.1) is 0 Å². The zero-order chi connectivity index (χ0) is 17.1. The van der Waals surface area contributed by atoms with E-state index in [-0.39, 0.29) is 12.1 Å². The van der Waals surface area contributed by atoms with Gasteiger partial charge in [0.15, 0.2) is 5.82 Å². The van der Waals surface area contributed by atoms with Crippen LogP contribution in [0.2, 0.25) is 0 Å². The standard InChI is InChI=1S/C17H22N4O3/c1-11(2)8-18-17(22)21-9-15(10-21)23-14-6-4-5-13(7-14)16-19-12(3)20-24-16/h4-7,11,15H,8-10H2,1-3H3,(H,18,22). The molecule has 24 heavy (non-hydrogen) atoms. The molecule has 1 aliphatic heterocycles. The molecule has 3 rings (SSSR count). The molecule has 2 heterocycles. The van der Waals surface area contributed by atoms with Crippen LogP contribution in [0.4, 0.5) is 4.79 Å². The van der Waals surface area contributed by atoms with Crippen LogP contribution in [0.25, 0.3) is 11.5 Å². The molecule has 2 amide bonds. The number of carbonyl (C=O) groups excluding carboxylic acids is 1. The van der Waals surface area contributed by atoms with Gasteiger partial charge in [0.1, 0.15) is 11.9 Å². The molecule has 1 saturated heterocycles. The molecular formula is C17H22N4O3. The number of aromatic nitrogens is 2. The summed E-state index contributed by atoms with van der Waals surface area (Å²) in [4.78, 5) is 17.9. The fraction of sp³-hybridized carbons (Fsp3) is 0.471. The Morgan fingerprint density at radius 3 is 2.92 bits per heavy atom. The van der Waals surface area contributed by atoms with Crippen molar-refractivity contribution in [3.8, 4) is 17.2 Å². The van der Waals surface area contributed by atoms with Gasteiger partial charge in [-0.2, -0.15) is 4.98 Å². The fourth-order valence-corrected chi connectivity index (χ4v) is 2.39. The maximum Gasteiger partial charge on any atom is 0.317 e. The van der Waals surface area contributed by atoms with Crippen molar-refractivity contribution in [2.45, 2.75) is 26.9 Å². The van der Waals surface area contributed by atoms with Gasteiger partial charge < -0.3 is 19.5 Å². The van der Waals surface area contributed by atoms with Crippen molar-refractivity contribution in [1.82, 2.24) is 20.4 Å². The number of ether oxygens (including phenoxy) is 1. The molecule has 1 aliphatic rings. The number of urea groups is 1. The topological polar surface area (TPSA) is 80.5 Å². The first-order valence-corrected chi connectivity index (χ1v) is 8.11. The average molecular weight is 330 g/mol. The number of hydrogen-bond donors (Lipinski definition) is 1. The lowest BCUT2D eigenvalue weighted by molar-refractivity contribution is 0.0443. The molecule has 1 aromatic heterocycles. The highest BCUT2D eigenvalue weighted by Gasteiger charge is 2.32. The molecule has 7 nitrogen and oxygen atoms in total. The molecule has 1 fully saturated rings. The lowest BCUT2D eigenvalue weighted by Gasteiger charge is -2.39. The first-order chi connectivity index (χ1) is 11.5. The minimum absolute atomic E-state index is 0.00877.